The monoisotopic (exact) mass is 254 g/mol. The quantitative estimate of drug-likeness (QED) is 0.795. The van der Waals surface area contributed by atoms with Gasteiger partial charge >= 0.3 is 0 Å². The molecule has 1 heterocycles. The lowest BCUT2D eigenvalue weighted by Gasteiger charge is -2.52. The van der Waals surface area contributed by atoms with Crippen molar-refractivity contribution in [2.45, 2.75) is 52.2 Å². The van der Waals surface area contributed by atoms with Crippen molar-refractivity contribution in [2.75, 3.05) is 19.7 Å². The molecule has 4 heteroatoms. The molecule has 0 aromatic heterocycles. The molecule has 2 atom stereocenters. The van der Waals surface area contributed by atoms with Gasteiger partial charge in [0.25, 0.3) is 0 Å². The summed E-state index contributed by atoms with van der Waals surface area (Å²) in [6.07, 6.45) is 3.18. The number of amides is 1. The molecule has 1 saturated heterocycles. The molecule has 0 bridgehead atoms. The van der Waals surface area contributed by atoms with Crippen LogP contribution in [0.5, 0.6) is 0 Å². The molecule has 1 aliphatic carbocycles. The van der Waals surface area contributed by atoms with Crippen LogP contribution >= 0.6 is 0 Å². The molecular weight excluding hydrogens is 228 g/mol. The molecule has 2 rings (SSSR count). The van der Waals surface area contributed by atoms with Crippen LogP contribution in [0.25, 0.3) is 0 Å². The number of hydrogen-bond acceptors (Lipinski definition) is 3. The van der Waals surface area contributed by atoms with Gasteiger partial charge in [0.1, 0.15) is 0 Å². The van der Waals surface area contributed by atoms with Gasteiger partial charge in [0.2, 0.25) is 5.91 Å². The summed E-state index contributed by atoms with van der Waals surface area (Å²) in [7, 11) is 0. The van der Waals surface area contributed by atoms with Crippen LogP contribution in [0.15, 0.2) is 0 Å². The molecule has 0 spiro atoms. The van der Waals surface area contributed by atoms with Crippen LogP contribution in [0.1, 0.15) is 40.0 Å². The van der Waals surface area contributed by atoms with E-state index in [1.165, 1.54) is 0 Å². The first-order chi connectivity index (χ1) is 8.55. The summed E-state index contributed by atoms with van der Waals surface area (Å²) in [5, 5.41) is 6.51. The van der Waals surface area contributed by atoms with Crippen LogP contribution in [0.3, 0.4) is 0 Å². The number of nitrogens with one attached hydrogen (secondary N) is 2. The van der Waals surface area contributed by atoms with E-state index in [-0.39, 0.29) is 23.3 Å². The second-order valence-electron chi connectivity index (χ2n) is 6.09. The fourth-order valence-electron chi connectivity index (χ4n) is 2.99. The largest absolute Gasteiger partial charge is 0.378 e. The lowest BCUT2D eigenvalue weighted by molar-refractivity contribution is -0.140. The van der Waals surface area contributed by atoms with Crippen LogP contribution in [0.4, 0.5) is 0 Å². The average Bonchev–Trinajstić information content (AvgIpc) is 2.38. The van der Waals surface area contributed by atoms with Gasteiger partial charge < -0.3 is 15.4 Å². The van der Waals surface area contributed by atoms with Crippen molar-refractivity contribution in [3.8, 4) is 0 Å². The Balaban J connectivity index is 1.81. The molecule has 18 heavy (non-hydrogen) atoms. The van der Waals surface area contributed by atoms with E-state index in [0.717, 1.165) is 39.0 Å². The maximum atomic E-state index is 12.2. The fraction of sp³-hybridized carbons (Fsp3) is 0.929. The van der Waals surface area contributed by atoms with Crippen molar-refractivity contribution in [3.05, 3.63) is 0 Å². The summed E-state index contributed by atoms with van der Waals surface area (Å²) in [5.41, 5.74) is 0.0680. The topological polar surface area (TPSA) is 50.4 Å². The van der Waals surface area contributed by atoms with Crippen molar-refractivity contribution >= 4 is 5.91 Å². The van der Waals surface area contributed by atoms with Crippen LogP contribution < -0.4 is 10.6 Å². The Labute approximate surface area is 110 Å². The minimum absolute atomic E-state index is 0.0680. The summed E-state index contributed by atoms with van der Waals surface area (Å²) in [6, 6.07) is 0.274. The van der Waals surface area contributed by atoms with Crippen LogP contribution in [-0.2, 0) is 9.53 Å². The number of carbonyl (C=O) groups is 1. The standard InChI is InChI=1S/C14H26N2O2/c1-4-18-12-9-11(14(12,2)3)16-13(17)10-5-7-15-8-6-10/h10-12,15H,4-9H2,1-3H3,(H,16,17). The zero-order valence-corrected chi connectivity index (χ0v) is 11.8. The first kappa shape index (κ1) is 13.8. The number of hydrogen-bond donors (Lipinski definition) is 2. The third kappa shape index (κ3) is 2.69. The molecule has 2 fully saturated rings. The second-order valence-corrected chi connectivity index (χ2v) is 6.09. The van der Waals surface area contributed by atoms with Gasteiger partial charge in [0, 0.05) is 24.0 Å². The zero-order chi connectivity index (χ0) is 13.2. The van der Waals surface area contributed by atoms with Gasteiger partial charge in [-0.05, 0) is 39.3 Å². The van der Waals surface area contributed by atoms with E-state index in [1.54, 1.807) is 0 Å². The van der Waals surface area contributed by atoms with Gasteiger partial charge in [0.15, 0.2) is 0 Å². The Kier molecular flexibility index (Phi) is 4.28. The third-order valence-electron chi connectivity index (χ3n) is 4.57. The highest BCUT2D eigenvalue weighted by Crippen LogP contribution is 2.42. The Morgan fingerprint density at radius 3 is 2.61 bits per heavy atom. The lowest BCUT2D eigenvalue weighted by Crippen LogP contribution is -2.62. The molecule has 0 aromatic rings. The van der Waals surface area contributed by atoms with E-state index in [9.17, 15) is 4.79 Å². The molecule has 0 aromatic carbocycles. The molecule has 2 aliphatic rings. The number of rotatable bonds is 4. The molecule has 2 unspecified atom stereocenters. The summed E-state index contributed by atoms with van der Waals surface area (Å²) in [5.74, 6) is 0.442. The van der Waals surface area contributed by atoms with Gasteiger partial charge in [-0.1, -0.05) is 13.8 Å². The lowest BCUT2D eigenvalue weighted by atomic mass is 9.64. The minimum atomic E-state index is 0.0680. The second kappa shape index (κ2) is 5.57. The van der Waals surface area contributed by atoms with Gasteiger partial charge in [-0.15, -0.1) is 0 Å². The van der Waals surface area contributed by atoms with E-state index in [0.29, 0.717) is 6.10 Å². The molecule has 104 valence electrons. The van der Waals surface area contributed by atoms with Crippen LogP contribution in [0, 0.1) is 11.3 Å². The van der Waals surface area contributed by atoms with E-state index < -0.39 is 0 Å². The van der Waals surface area contributed by atoms with Gasteiger partial charge in [-0.25, -0.2) is 0 Å². The highest BCUT2D eigenvalue weighted by Gasteiger charge is 2.49. The summed E-state index contributed by atoms with van der Waals surface area (Å²) in [6.45, 7) is 9.08. The fourth-order valence-corrected chi connectivity index (χ4v) is 2.99. The highest BCUT2D eigenvalue weighted by atomic mass is 16.5. The average molecular weight is 254 g/mol. The zero-order valence-electron chi connectivity index (χ0n) is 11.8. The molecule has 2 N–H and O–H groups in total. The SMILES string of the molecule is CCOC1CC(NC(=O)C2CCNCC2)C1(C)C. The number of ether oxygens (including phenoxy) is 1. The van der Waals surface area contributed by atoms with E-state index >= 15 is 0 Å². The summed E-state index contributed by atoms with van der Waals surface area (Å²) >= 11 is 0. The maximum absolute atomic E-state index is 12.2. The van der Waals surface area contributed by atoms with Crippen molar-refractivity contribution in [3.63, 3.8) is 0 Å². The number of carbonyl (C=O) groups excluding carboxylic acids is 1. The van der Waals surface area contributed by atoms with Gasteiger partial charge in [-0.3, -0.25) is 4.79 Å². The summed E-state index contributed by atoms with van der Waals surface area (Å²) < 4.78 is 5.69. The molecule has 1 amide bonds. The van der Waals surface area contributed by atoms with E-state index in [1.807, 2.05) is 6.92 Å². The highest BCUT2D eigenvalue weighted by molar-refractivity contribution is 5.79. The van der Waals surface area contributed by atoms with Crippen molar-refractivity contribution in [1.82, 2.24) is 10.6 Å². The molecule has 1 saturated carbocycles. The van der Waals surface area contributed by atoms with Crippen LogP contribution in [-0.4, -0.2) is 37.7 Å². The molecule has 0 radical (unpaired) electrons. The van der Waals surface area contributed by atoms with Crippen LogP contribution in [0.2, 0.25) is 0 Å². The first-order valence-electron chi connectivity index (χ1n) is 7.18. The minimum Gasteiger partial charge on any atom is -0.378 e. The van der Waals surface area contributed by atoms with E-state index in [4.69, 9.17) is 4.74 Å². The Morgan fingerprint density at radius 2 is 2.06 bits per heavy atom. The predicted octanol–water partition coefficient (Wildman–Crippen LogP) is 1.31. The third-order valence-corrected chi connectivity index (χ3v) is 4.57. The van der Waals surface area contributed by atoms with Gasteiger partial charge in [-0.2, -0.15) is 0 Å². The van der Waals surface area contributed by atoms with Crippen molar-refractivity contribution in [1.29, 1.82) is 0 Å². The molecular formula is C14H26N2O2. The number of piperidine rings is 1. The smallest absolute Gasteiger partial charge is 0.223 e. The van der Waals surface area contributed by atoms with Gasteiger partial charge in [0.05, 0.1) is 6.10 Å². The summed E-state index contributed by atoms with van der Waals surface area (Å²) in [4.78, 5) is 12.2. The van der Waals surface area contributed by atoms with Crippen molar-refractivity contribution < 1.29 is 9.53 Å². The predicted molar refractivity (Wildman–Crippen MR) is 71.3 cm³/mol. The Hall–Kier alpha value is -0.610. The first-order valence-corrected chi connectivity index (χ1v) is 7.18. The maximum Gasteiger partial charge on any atom is 0.223 e. The molecule has 1 aliphatic heterocycles. The normalized spacial score (nSPS) is 31.7. The molecule has 4 nitrogen and oxygen atoms in total. The van der Waals surface area contributed by atoms with E-state index in [2.05, 4.69) is 24.5 Å². The van der Waals surface area contributed by atoms with Crippen molar-refractivity contribution in [2.24, 2.45) is 11.3 Å². The Morgan fingerprint density at radius 1 is 1.39 bits per heavy atom. The Bertz CT molecular complexity index is 298.